The second-order valence-electron chi connectivity index (χ2n) is 8.16. The van der Waals surface area contributed by atoms with Crippen LogP contribution in [-0.4, -0.2) is 55.8 Å². The van der Waals surface area contributed by atoms with Gasteiger partial charge in [0.15, 0.2) is 0 Å². The summed E-state index contributed by atoms with van der Waals surface area (Å²) in [6.07, 6.45) is 2.86. The van der Waals surface area contributed by atoms with E-state index >= 15 is 0 Å². The highest BCUT2D eigenvalue weighted by molar-refractivity contribution is 7.92. The maximum atomic E-state index is 12.8. The fourth-order valence-electron chi connectivity index (χ4n) is 4.18. The smallest absolute Gasteiger partial charge is 0.239 e. The highest BCUT2D eigenvalue weighted by atomic mass is 32.2. The van der Waals surface area contributed by atoms with Gasteiger partial charge in [0, 0.05) is 18.9 Å². The molecule has 3 heterocycles. The number of aromatic nitrogens is 4. The lowest BCUT2D eigenvalue weighted by atomic mass is 10.2. The van der Waals surface area contributed by atoms with Crippen LogP contribution in [0.1, 0.15) is 25.5 Å². The number of rotatable bonds is 4. The molecule has 0 spiro atoms. The quantitative estimate of drug-likeness (QED) is 0.655. The minimum absolute atomic E-state index is 0.142. The van der Waals surface area contributed by atoms with Gasteiger partial charge < -0.3 is 15.4 Å². The highest BCUT2D eigenvalue weighted by Crippen LogP contribution is 2.52. The van der Waals surface area contributed by atoms with Gasteiger partial charge >= 0.3 is 0 Å². The number of benzene rings is 1. The first-order valence-electron chi connectivity index (χ1n) is 10.0. The van der Waals surface area contributed by atoms with Crippen molar-refractivity contribution in [3.63, 3.8) is 0 Å². The molecule has 158 valence electrons. The van der Waals surface area contributed by atoms with Crippen molar-refractivity contribution in [1.29, 1.82) is 4.78 Å². The minimum atomic E-state index is -2.83. The Kier molecular flexibility index (Phi) is 4.26. The molecule has 2 aliphatic rings. The number of ether oxygens (including phenoxy) is 1. The molecule has 1 saturated heterocycles. The van der Waals surface area contributed by atoms with Gasteiger partial charge in [0.05, 0.1) is 50.5 Å². The Labute approximate surface area is 175 Å². The molecule has 2 aromatic heterocycles. The van der Waals surface area contributed by atoms with Crippen molar-refractivity contribution in [2.24, 2.45) is 0 Å². The summed E-state index contributed by atoms with van der Waals surface area (Å²) >= 11 is 0. The molecule has 1 aliphatic carbocycles. The molecule has 3 N–H and O–H groups in total. The first-order chi connectivity index (χ1) is 14.3. The summed E-state index contributed by atoms with van der Waals surface area (Å²) in [5, 5.41) is 0. The van der Waals surface area contributed by atoms with Crippen molar-refractivity contribution >= 4 is 32.5 Å². The van der Waals surface area contributed by atoms with Gasteiger partial charge in [0.2, 0.25) is 11.9 Å². The molecule has 10 heteroatoms. The lowest BCUT2D eigenvalue weighted by Crippen LogP contribution is -2.44. The molecule has 2 fully saturated rings. The Balaban J connectivity index is 1.74. The molecular formula is C20H25N7O2S. The van der Waals surface area contributed by atoms with E-state index in [-0.39, 0.29) is 6.04 Å². The van der Waals surface area contributed by atoms with E-state index in [2.05, 4.69) is 16.8 Å². The second-order valence-corrected chi connectivity index (χ2v) is 10.6. The summed E-state index contributed by atoms with van der Waals surface area (Å²) < 4.78 is 27.7. The summed E-state index contributed by atoms with van der Waals surface area (Å²) in [6, 6.07) is 9.67. The van der Waals surface area contributed by atoms with Crippen molar-refractivity contribution in [3.05, 3.63) is 36.0 Å². The molecule has 1 aromatic carbocycles. The summed E-state index contributed by atoms with van der Waals surface area (Å²) in [5.41, 5.74) is 8.45. The molecule has 9 nitrogen and oxygen atoms in total. The lowest BCUT2D eigenvalue weighted by molar-refractivity contribution is 0.0985. The van der Waals surface area contributed by atoms with Crippen molar-refractivity contribution < 1.29 is 8.95 Å². The second kappa shape index (κ2) is 6.64. The average molecular weight is 428 g/mol. The van der Waals surface area contributed by atoms with E-state index in [4.69, 9.17) is 25.2 Å². The molecule has 1 aliphatic heterocycles. The Bertz CT molecular complexity index is 1230. The molecule has 0 amide bonds. The van der Waals surface area contributed by atoms with Crippen LogP contribution in [0.3, 0.4) is 0 Å². The zero-order valence-electron chi connectivity index (χ0n) is 17.0. The third-order valence-corrected chi connectivity index (χ3v) is 8.17. The van der Waals surface area contributed by atoms with E-state index in [1.165, 1.54) is 6.26 Å². The Morgan fingerprint density at radius 1 is 1.27 bits per heavy atom. The Morgan fingerprint density at radius 3 is 2.73 bits per heavy atom. The number of hydrogen-bond acceptors (Lipinski definition) is 8. The third-order valence-electron chi connectivity index (χ3n) is 6.07. The summed E-state index contributed by atoms with van der Waals surface area (Å²) in [7, 11) is -2.83. The molecule has 1 unspecified atom stereocenters. The molecule has 5 rings (SSSR count). The molecule has 30 heavy (non-hydrogen) atoms. The topological polar surface area (TPSA) is 123 Å². The van der Waals surface area contributed by atoms with E-state index in [0.717, 1.165) is 16.9 Å². The van der Waals surface area contributed by atoms with Gasteiger partial charge in [-0.15, -0.1) is 0 Å². The molecule has 1 saturated carbocycles. The van der Waals surface area contributed by atoms with E-state index in [9.17, 15) is 4.21 Å². The Hall–Kier alpha value is -2.72. The van der Waals surface area contributed by atoms with Gasteiger partial charge in [-0.05, 0) is 31.9 Å². The first-order valence-corrected chi connectivity index (χ1v) is 12.0. The van der Waals surface area contributed by atoms with Crippen LogP contribution in [0.25, 0.3) is 17.0 Å². The molecule has 2 atom stereocenters. The van der Waals surface area contributed by atoms with Crippen molar-refractivity contribution in [2.75, 3.05) is 36.6 Å². The van der Waals surface area contributed by atoms with Crippen LogP contribution in [0.4, 0.5) is 11.8 Å². The predicted molar refractivity (Wildman–Crippen MR) is 116 cm³/mol. The number of para-hydroxylation sites is 2. The number of nitrogens with two attached hydrogens (primary N) is 1. The van der Waals surface area contributed by atoms with Gasteiger partial charge in [-0.2, -0.15) is 4.98 Å². The van der Waals surface area contributed by atoms with Crippen molar-refractivity contribution in [3.8, 4) is 5.95 Å². The maximum Gasteiger partial charge on any atom is 0.239 e. The largest absolute Gasteiger partial charge is 0.377 e. The fraction of sp³-hybridized carbons (Fsp3) is 0.450. The number of nitrogens with one attached hydrogen (secondary N) is 1. The molecular weight excluding hydrogens is 402 g/mol. The number of hydrogen-bond donors (Lipinski definition) is 2. The van der Waals surface area contributed by atoms with Gasteiger partial charge in [0.25, 0.3) is 0 Å². The van der Waals surface area contributed by atoms with Crippen molar-refractivity contribution in [1.82, 2.24) is 19.5 Å². The standard InChI is InChI=1S/C20H25N7O2S/c1-13-12-29-10-9-26(13)17-11-16(20(7-8-20)30(2,22)28)24-19(25-17)27-15-6-4-3-5-14(15)23-18(27)21/h3-6,11,13,22H,7-10,12H2,1-2H3,(H2,21,23)/t13-,30?/m1/s1. The number of nitrogens with zero attached hydrogens (tertiary/aromatic N) is 5. The highest BCUT2D eigenvalue weighted by Gasteiger charge is 2.53. The van der Waals surface area contributed by atoms with Crippen LogP contribution in [0, 0.1) is 4.78 Å². The SMILES string of the molecule is C[C@@H]1COCCN1c1cc(C2(S(C)(=N)=O)CC2)nc(-n2c(N)nc3ccccc32)n1. The minimum Gasteiger partial charge on any atom is -0.377 e. The van der Waals surface area contributed by atoms with E-state index in [1.54, 1.807) is 4.57 Å². The maximum absolute atomic E-state index is 12.8. The Morgan fingerprint density at radius 2 is 2.03 bits per heavy atom. The normalized spacial score (nSPS) is 22.7. The van der Waals surface area contributed by atoms with Gasteiger partial charge in [0.1, 0.15) is 5.82 Å². The average Bonchev–Trinajstić information content (AvgIpc) is 3.46. The molecule has 3 aromatic rings. The van der Waals surface area contributed by atoms with Crippen LogP contribution in [0.2, 0.25) is 0 Å². The predicted octanol–water partition coefficient (Wildman–Crippen LogP) is 2.29. The number of nitrogen functional groups attached to an aromatic ring is 1. The monoisotopic (exact) mass is 427 g/mol. The van der Waals surface area contributed by atoms with Crippen LogP contribution in [0.15, 0.2) is 30.3 Å². The number of fused-ring (bicyclic) bond motifs is 1. The zero-order valence-corrected chi connectivity index (χ0v) is 17.9. The number of imidazole rings is 1. The van der Waals surface area contributed by atoms with Gasteiger partial charge in [-0.25, -0.2) is 18.7 Å². The van der Waals surface area contributed by atoms with E-state index in [0.29, 0.717) is 50.2 Å². The first kappa shape index (κ1) is 19.3. The summed E-state index contributed by atoms with van der Waals surface area (Å²) in [6.45, 7) is 4.01. The van der Waals surface area contributed by atoms with Crippen LogP contribution >= 0.6 is 0 Å². The molecule has 0 bridgehead atoms. The van der Waals surface area contributed by atoms with Crippen LogP contribution < -0.4 is 10.6 Å². The van der Waals surface area contributed by atoms with Crippen LogP contribution in [-0.2, 0) is 19.2 Å². The van der Waals surface area contributed by atoms with Gasteiger partial charge in [-0.1, -0.05) is 12.1 Å². The van der Waals surface area contributed by atoms with Crippen LogP contribution in [0.5, 0.6) is 0 Å². The lowest BCUT2D eigenvalue weighted by Gasteiger charge is -2.34. The van der Waals surface area contributed by atoms with Crippen molar-refractivity contribution in [2.45, 2.75) is 30.6 Å². The fourth-order valence-corrected chi connectivity index (χ4v) is 5.57. The van der Waals surface area contributed by atoms with E-state index < -0.39 is 14.5 Å². The number of anilines is 2. The summed E-state index contributed by atoms with van der Waals surface area (Å²) in [4.78, 5) is 16.2. The number of morpholine rings is 1. The third kappa shape index (κ3) is 2.93. The van der Waals surface area contributed by atoms with Gasteiger partial charge in [-0.3, -0.25) is 4.78 Å². The molecule has 0 radical (unpaired) electrons. The van der Waals surface area contributed by atoms with E-state index in [1.807, 2.05) is 30.3 Å². The summed E-state index contributed by atoms with van der Waals surface area (Å²) in [5.74, 6) is 1.42. The zero-order chi connectivity index (χ0) is 21.1.